The Labute approximate surface area is 191 Å². The van der Waals surface area contributed by atoms with Gasteiger partial charge >= 0.3 is 0 Å². The zero-order valence-corrected chi connectivity index (χ0v) is 18.6. The highest BCUT2D eigenvalue weighted by atomic mass is 16.5. The number of allylic oxidation sites excluding steroid dienone is 1. The van der Waals surface area contributed by atoms with Crippen molar-refractivity contribution in [1.29, 1.82) is 0 Å². The molecule has 6 heteroatoms. The highest BCUT2D eigenvalue weighted by molar-refractivity contribution is 6.09. The topological polar surface area (TPSA) is 94.6 Å². The average molecular weight is 440 g/mol. The van der Waals surface area contributed by atoms with Crippen molar-refractivity contribution in [3.63, 3.8) is 0 Å². The van der Waals surface area contributed by atoms with Crippen molar-refractivity contribution in [2.24, 2.45) is 5.73 Å². The van der Waals surface area contributed by atoms with E-state index in [4.69, 9.17) is 14.9 Å². The van der Waals surface area contributed by atoms with Crippen molar-refractivity contribution in [3.8, 4) is 16.9 Å². The molecular weight excluding hydrogens is 416 g/mol. The highest BCUT2D eigenvalue weighted by Crippen LogP contribution is 2.40. The summed E-state index contributed by atoms with van der Waals surface area (Å²) in [6, 6.07) is 18.6. The molecule has 2 amide bonds. The van der Waals surface area contributed by atoms with Crippen LogP contribution >= 0.6 is 0 Å². The number of carbonyl (C=O) groups excluding carboxylic acids is 2. The van der Waals surface area contributed by atoms with Gasteiger partial charge in [0, 0.05) is 28.2 Å². The number of primary amides is 1. The van der Waals surface area contributed by atoms with Crippen molar-refractivity contribution < 1.29 is 18.7 Å². The van der Waals surface area contributed by atoms with Gasteiger partial charge in [-0.25, -0.2) is 0 Å². The molecule has 0 unspecified atom stereocenters. The van der Waals surface area contributed by atoms with Crippen molar-refractivity contribution in [3.05, 3.63) is 89.7 Å². The minimum Gasteiger partial charge on any atom is -0.496 e. The average Bonchev–Trinajstić information content (AvgIpc) is 3.24. The molecule has 0 saturated carbocycles. The third-order valence-electron chi connectivity index (χ3n) is 5.56. The van der Waals surface area contributed by atoms with Crippen LogP contribution in [0.1, 0.15) is 28.4 Å². The van der Waals surface area contributed by atoms with E-state index in [0.717, 1.165) is 33.2 Å². The van der Waals surface area contributed by atoms with Gasteiger partial charge in [-0.1, -0.05) is 42.5 Å². The first kappa shape index (κ1) is 21.9. The number of nitrogens with two attached hydrogens (primary N) is 1. The Bertz CT molecular complexity index is 1380. The van der Waals surface area contributed by atoms with Crippen LogP contribution < -0.4 is 15.8 Å². The number of carbonyl (C=O) groups is 2. The van der Waals surface area contributed by atoms with E-state index in [1.165, 1.54) is 6.08 Å². The van der Waals surface area contributed by atoms with Crippen LogP contribution in [0, 0.1) is 6.92 Å². The van der Waals surface area contributed by atoms with Crippen molar-refractivity contribution in [2.45, 2.75) is 13.8 Å². The molecule has 0 atom stereocenters. The summed E-state index contributed by atoms with van der Waals surface area (Å²) in [6.07, 6.45) is 3.21. The second-order valence-corrected chi connectivity index (χ2v) is 7.70. The van der Waals surface area contributed by atoms with Gasteiger partial charge in [-0.2, -0.15) is 0 Å². The van der Waals surface area contributed by atoms with Gasteiger partial charge in [-0.05, 0) is 43.2 Å². The summed E-state index contributed by atoms with van der Waals surface area (Å²) < 4.78 is 11.6. The van der Waals surface area contributed by atoms with Crippen LogP contribution in [-0.2, 0) is 4.79 Å². The van der Waals surface area contributed by atoms with Crippen LogP contribution in [0.5, 0.6) is 5.75 Å². The number of nitrogens with one attached hydrogen (secondary N) is 1. The first-order chi connectivity index (χ1) is 15.9. The number of amides is 2. The number of para-hydroxylation sites is 1. The Hall–Kier alpha value is -4.32. The number of furan rings is 1. The number of anilines is 1. The van der Waals surface area contributed by atoms with Gasteiger partial charge in [-0.3, -0.25) is 9.59 Å². The number of fused-ring (bicyclic) bond motifs is 1. The predicted octanol–water partition coefficient (Wildman–Crippen LogP) is 5.56. The quantitative estimate of drug-likeness (QED) is 0.384. The SMILES string of the molecule is COc1c(/C(C)=C/C(=O)Nc2ccccc2C(N)=O)cc2c(-c3ccccc3)coc2c1C. The number of hydrogen-bond acceptors (Lipinski definition) is 4. The van der Waals surface area contributed by atoms with Crippen LogP contribution in [0.25, 0.3) is 27.7 Å². The van der Waals surface area contributed by atoms with E-state index in [0.29, 0.717) is 17.0 Å². The summed E-state index contributed by atoms with van der Waals surface area (Å²) in [5.41, 5.74) is 11.1. The van der Waals surface area contributed by atoms with Gasteiger partial charge in [-0.15, -0.1) is 0 Å². The molecule has 4 aromatic rings. The molecule has 166 valence electrons. The second-order valence-electron chi connectivity index (χ2n) is 7.70. The number of ether oxygens (including phenoxy) is 1. The molecule has 3 aromatic carbocycles. The van der Waals surface area contributed by atoms with Gasteiger partial charge < -0.3 is 20.2 Å². The summed E-state index contributed by atoms with van der Waals surface area (Å²) in [5, 5.41) is 3.67. The lowest BCUT2D eigenvalue weighted by Crippen LogP contribution is -2.17. The van der Waals surface area contributed by atoms with Gasteiger partial charge in [0.15, 0.2) is 0 Å². The maximum absolute atomic E-state index is 12.8. The van der Waals surface area contributed by atoms with Crippen LogP contribution in [-0.4, -0.2) is 18.9 Å². The lowest BCUT2D eigenvalue weighted by atomic mass is 9.96. The normalized spacial score (nSPS) is 11.4. The molecule has 1 heterocycles. The lowest BCUT2D eigenvalue weighted by molar-refractivity contribution is -0.111. The molecule has 0 aliphatic heterocycles. The van der Waals surface area contributed by atoms with Gasteiger partial charge in [0.1, 0.15) is 11.3 Å². The van der Waals surface area contributed by atoms with E-state index < -0.39 is 5.91 Å². The number of rotatable bonds is 6. The molecule has 0 radical (unpaired) electrons. The Morgan fingerprint density at radius 2 is 1.73 bits per heavy atom. The maximum atomic E-state index is 12.8. The molecule has 0 fully saturated rings. The van der Waals surface area contributed by atoms with Crippen LogP contribution in [0.15, 0.2) is 77.4 Å². The van der Waals surface area contributed by atoms with E-state index in [1.54, 1.807) is 37.6 Å². The fraction of sp³-hybridized carbons (Fsp3) is 0.111. The number of benzene rings is 3. The third-order valence-corrected chi connectivity index (χ3v) is 5.56. The fourth-order valence-electron chi connectivity index (χ4n) is 3.96. The van der Waals surface area contributed by atoms with Gasteiger partial charge in [0.2, 0.25) is 5.91 Å². The van der Waals surface area contributed by atoms with E-state index in [1.807, 2.05) is 50.2 Å². The largest absolute Gasteiger partial charge is 0.496 e. The van der Waals surface area contributed by atoms with E-state index in [-0.39, 0.29) is 11.5 Å². The van der Waals surface area contributed by atoms with Crippen LogP contribution in [0.4, 0.5) is 5.69 Å². The molecule has 33 heavy (non-hydrogen) atoms. The first-order valence-corrected chi connectivity index (χ1v) is 10.4. The Morgan fingerprint density at radius 1 is 1.03 bits per heavy atom. The fourth-order valence-corrected chi connectivity index (χ4v) is 3.96. The standard InChI is InChI=1S/C27H24N2O4/c1-16(13-24(30)29-23-12-8-7-11-19(23)27(28)31)20-14-21-22(18-9-5-4-6-10-18)15-33-26(21)17(2)25(20)32-3/h4-15H,1-3H3,(H2,28,31)(H,29,30)/b16-13+. The summed E-state index contributed by atoms with van der Waals surface area (Å²) >= 11 is 0. The van der Waals surface area contributed by atoms with Crippen molar-refractivity contribution >= 4 is 34.0 Å². The molecule has 1 aromatic heterocycles. The highest BCUT2D eigenvalue weighted by Gasteiger charge is 2.19. The van der Waals surface area contributed by atoms with E-state index in [2.05, 4.69) is 5.32 Å². The van der Waals surface area contributed by atoms with Crippen molar-refractivity contribution in [1.82, 2.24) is 0 Å². The summed E-state index contributed by atoms with van der Waals surface area (Å²) in [4.78, 5) is 24.4. The van der Waals surface area contributed by atoms with E-state index >= 15 is 0 Å². The summed E-state index contributed by atoms with van der Waals surface area (Å²) in [6.45, 7) is 3.77. The first-order valence-electron chi connectivity index (χ1n) is 10.4. The number of hydrogen-bond donors (Lipinski definition) is 2. The molecular formula is C27H24N2O4. The van der Waals surface area contributed by atoms with Gasteiger partial charge in [0.05, 0.1) is 24.6 Å². The monoisotopic (exact) mass is 440 g/mol. The molecule has 3 N–H and O–H groups in total. The maximum Gasteiger partial charge on any atom is 0.250 e. The molecule has 0 spiro atoms. The predicted molar refractivity (Wildman–Crippen MR) is 130 cm³/mol. The summed E-state index contributed by atoms with van der Waals surface area (Å²) in [5.74, 6) is -0.352. The smallest absolute Gasteiger partial charge is 0.250 e. The van der Waals surface area contributed by atoms with Crippen LogP contribution in [0.3, 0.4) is 0 Å². The third kappa shape index (κ3) is 4.23. The molecule has 0 aliphatic rings. The van der Waals surface area contributed by atoms with E-state index in [9.17, 15) is 9.59 Å². The molecule has 4 rings (SSSR count). The molecule has 0 bridgehead atoms. The molecule has 0 saturated heterocycles. The second kappa shape index (κ2) is 9.04. The minimum atomic E-state index is -0.609. The summed E-state index contributed by atoms with van der Waals surface area (Å²) in [7, 11) is 1.59. The zero-order chi connectivity index (χ0) is 23.5. The Morgan fingerprint density at radius 3 is 2.42 bits per heavy atom. The number of aryl methyl sites for hydroxylation is 1. The van der Waals surface area contributed by atoms with Crippen molar-refractivity contribution in [2.75, 3.05) is 12.4 Å². The Balaban J connectivity index is 1.76. The molecule has 6 nitrogen and oxygen atoms in total. The molecule has 0 aliphatic carbocycles. The lowest BCUT2D eigenvalue weighted by Gasteiger charge is -2.13. The zero-order valence-electron chi connectivity index (χ0n) is 18.6. The Kier molecular flexibility index (Phi) is 6.00. The van der Waals surface area contributed by atoms with Crippen LogP contribution in [0.2, 0.25) is 0 Å². The number of methoxy groups -OCH3 is 1. The van der Waals surface area contributed by atoms with Gasteiger partial charge in [0.25, 0.3) is 5.91 Å². The minimum absolute atomic E-state index is 0.248.